The Balaban J connectivity index is 1.43. The van der Waals surface area contributed by atoms with Crippen LogP contribution < -0.4 is 5.32 Å². The second-order valence-corrected chi connectivity index (χ2v) is 7.75. The fourth-order valence-electron chi connectivity index (χ4n) is 2.98. The molecule has 0 aliphatic carbocycles. The molecule has 0 saturated heterocycles. The predicted octanol–water partition coefficient (Wildman–Crippen LogP) is 5.36. The Hall–Kier alpha value is -3.58. The zero-order valence-corrected chi connectivity index (χ0v) is 16.4. The van der Waals surface area contributed by atoms with E-state index in [1.807, 2.05) is 30.3 Å². The van der Waals surface area contributed by atoms with E-state index in [2.05, 4.69) is 29.4 Å². The lowest BCUT2D eigenvalue weighted by Crippen LogP contribution is -2.14. The number of anilines is 1. The maximum atomic E-state index is 12.2. The van der Waals surface area contributed by atoms with Crippen LogP contribution in [0.3, 0.4) is 0 Å². The lowest BCUT2D eigenvalue weighted by molar-refractivity contribution is -0.384. The van der Waals surface area contributed by atoms with Crippen LogP contribution in [-0.4, -0.2) is 15.8 Å². The van der Waals surface area contributed by atoms with Crippen molar-refractivity contribution in [2.45, 2.75) is 13.3 Å². The first-order valence-corrected chi connectivity index (χ1v) is 9.80. The Labute approximate surface area is 171 Å². The van der Waals surface area contributed by atoms with Gasteiger partial charge in [-0.3, -0.25) is 14.9 Å². The van der Waals surface area contributed by atoms with Gasteiger partial charge in [0, 0.05) is 23.4 Å². The van der Waals surface area contributed by atoms with Gasteiger partial charge < -0.3 is 5.32 Å². The number of nitrogens with one attached hydrogen (secondary N) is 1. The zero-order valence-electron chi connectivity index (χ0n) is 15.6. The summed E-state index contributed by atoms with van der Waals surface area (Å²) in [6.45, 7) is 2.06. The standard InChI is InChI=1S/C22H17N3O3S/c1-14-2-11-19-20(12-14)29-22(24-19)16-5-7-17(8-6-16)23-21(26)13-15-3-9-18(10-4-15)25(27)28/h2-12H,13H2,1H3,(H,23,26). The van der Waals surface area contributed by atoms with Gasteiger partial charge in [0.05, 0.1) is 21.6 Å². The number of benzene rings is 3. The summed E-state index contributed by atoms with van der Waals surface area (Å²) >= 11 is 1.64. The number of carbonyl (C=O) groups excluding carboxylic acids is 1. The van der Waals surface area contributed by atoms with Crippen LogP contribution in [0.15, 0.2) is 66.7 Å². The smallest absolute Gasteiger partial charge is 0.269 e. The van der Waals surface area contributed by atoms with Crippen molar-refractivity contribution in [3.63, 3.8) is 0 Å². The molecule has 0 fully saturated rings. The summed E-state index contributed by atoms with van der Waals surface area (Å²) in [7, 11) is 0. The van der Waals surface area contributed by atoms with Gasteiger partial charge in [-0.05, 0) is 54.4 Å². The third-order valence-electron chi connectivity index (χ3n) is 4.47. The number of aryl methyl sites for hydroxylation is 1. The second kappa shape index (κ2) is 7.81. The molecule has 0 radical (unpaired) electrons. The number of nitro groups is 1. The van der Waals surface area contributed by atoms with E-state index in [1.54, 1.807) is 23.5 Å². The summed E-state index contributed by atoms with van der Waals surface area (Å²) < 4.78 is 1.15. The van der Waals surface area contributed by atoms with Gasteiger partial charge in [-0.25, -0.2) is 4.98 Å². The number of aromatic nitrogens is 1. The summed E-state index contributed by atoms with van der Waals surface area (Å²) in [4.78, 5) is 27.2. The molecule has 1 amide bonds. The molecule has 0 saturated carbocycles. The third-order valence-corrected chi connectivity index (χ3v) is 5.54. The van der Waals surface area contributed by atoms with Crippen molar-refractivity contribution in [3.8, 4) is 10.6 Å². The minimum Gasteiger partial charge on any atom is -0.326 e. The van der Waals surface area contributed by atoms with E-state index >= 15 is 0 Å². The van der Waals surface area contributed by atoms with Gasteiger partial charge in [0.1, 0.15) is 5.01 Å². The number of non-ortho nitro benzene ring substituents is 1. The summed E-state index contributed by atoms with van der Waals surface area (Å²) in [5.74, 6) is -0.179. The minimum absolute atomic E-state index is 0.00903. The molecule has 0 bridgehead atoms. The van der Waals surface area contributed by atoms with Crippen molar-refractivity contribution in [1.29, 1.82) is 0 Å². The molecular formula is C22H17N3O3S. The van der Waals surface area contributed by atoms with Gasteiger partial charge in [-0.1, -0.05) is 18.2 Å². The highest BCUT2D eigenvalue weighted by atomic mass is 32.1. The van der Waals surface area contributed by atoms with E-state index in [0.29, 0.717) is 5.69 Å². The van der Waals surface area contributed by atoms with E-state index in [-0.39, 0.29) is 18.0 Å². The Morgan fingerprint density at radius 2 is 1.79 bits per heavy atom. The summed E-state index contributed by atoms with van der Waals surface area (Å²) in [5, 5.41) is 14.5. The van der Waals surface area contributed by atoms with Crippen LogP contribution in [0.1, 0.15) is 11.1 Å². The van der Waals surface area contributed by atoms with Crippen molar-refractivity contribution in [1.82, 2.24) is 4.98 Å². The van der Waals surface area contributed by atoms with Gasteiger partial charge >= 0.3 is 0 Å². The molecule has 0 unspecified atom stereocenters. The zero-order chi connectivity index (χ0) is 20.4. The number of hydrogen-bond acceptors (Lipinski definition) is 5. The molecule has 4 rings (SSSR count). The highest BCUT2D eigenvalue weighted by Gasteiger charge is 2.09. The predicted molar refractivity (Wildman–Crippen MR) is 115 cm³/mol. The second-order valence-electron chi connectivity index (χ2n) is 6.72. The molecule has 1 aromatic heterocycles. The van der Waals surface area contributed by atoms with Crippen LogP contribution in [0, 0.1) is 17.0 Å². The van der Waals surface area contributed by atoms with Crippen molar-refractivity contribution in [2.75, 3.05) is 5.32 Å². The van der Waals surface area contributed by atoms with Crippen LogP contribution in [0.25, 0.3) is 20.8 Å². The number of rotatable bonds is 5. The fourth-order valence-corrected chi connectivity index (χ4v) is 4.05. The topological polar surface area (TPSA) is 85.1 Å². The molecule has 1 N–H and O–H groups in total. The molecule has 1 heterocycles. The van der Waals surface area contributed by atoms with E-state index in [4.69, 9.17) is 0 Å². The van der Waals surface area contributed by atoms with Gasteiger partial charge in [0.25, 0.3) is 5.69 Å². The first kappa shape index (κ1) is 18.8. The molecule has 6 nitrogen and oxygen atoms in total. The third kappa shape index (κ3) is 4.30. The van der Waals surface area contributed by atoms with Crippen LogP contribution in [-0.2, 0) is 11.2 Å². The van der Waals surface area contributed by atoms with E-state index in [1.165, 1.54) is 17.7 Å². The number of nitrogens with zero attached hydrogens (tertiary/aromatic N) is 2. The molecule has 144 valence electrons. The van der Waals surface area contributed by atoms with Crippen LogP contribution in [0.2, 0.25) is 0 Å². The van der Waals surface area contributed by atoms with Crippen molar-refractivity contribution in [2.24, 2.45) is 0 Å². The van der Waals surface area contributed by atoms with Gasteiger partial charge in [-0.2, -0.15) is 0 Å². The number of carbonyl (C=O) groups is 1. The maximum Gasteiger partial charge on any atom is 0.269 e. The molecule has 4 aromatic rings. The Kier molecular flexibility index (Phi) is 5.05. The molecule has 0 spiro atoms. The Bertz CT molecular complexity index is 1200. The molecular weight excluding hydrogens is 386 g/mol. The highest BCUT2D eigenvalue weighted by molar-refractivity contribution is 7.21. The fraction of sp³-hybridized carbons (Fsp3) is 0.0909. The Morgan fingerprint density at radius 3 is 2.48 bits per heavy atom. The largest absolute Gasteiger partial charge is 0.326 e. The molecule has 0 aliphatic rings. The van der Waals surface area contributed by atoms with E-state index < -0.39 is 4.92 Å². The van der Waals surface area contributed by atoms with Crippen LogP contribution >= 0.6 is 11.3 Å². The molecule has 29 heavy (non-hydrogen) atoms. The van der Waals surface area contributed by atoms with Crippen molar-refractivity contribution < 1.29 is 9.72 Å². The van der Waals surface area contributed by atoms with E-state index in [9.17, 15) is 14.9 Å². The van der Waals surface area contributed by atoms with Gasteiger partial charge in [0.15, 0.2) is 0 Å². The number of fused-ring (bicyclic) bond motifs is 1. The quantitative estimate of drug-likeness (QED) is 0.359. The lowest BCUT2D eigenvalue weighted by atomic mass is 10.1. The lowest BCUT2D eigenvalue weighted by Gasteiger charge is -2.06. The summed E-state index contributed by atoms with van der Waals surface area (Å²) in [5.41, 5.74) is 4.61. The molecule has 3 aromatic carbocycles. The van der Waals surface area contributed by atoms with Gasteiger partial charge in [0.2, 0.25) is 5.91 Å². The normalized spacial score (nSPS) is 10.8. The van der Waals surface area contributed by atoms with Crippen LogP contribution in [0.4, 0.5) is 11.4 Å². The van der Waals surface area contributed by atoms with Crippen molar-refractivity contribution >= 4 is 38.8 Å². The average Bonchev–Trinajstić information content (AvgIpc) is 3.12. The Morgan fingerprint density at radius 1 is 1.07 bits per heavy atom. The van der Waals surface area contributed by atoms with Crippen LogP contribution in [0.5, 0.6) is 0 Å². The number of nitro benzene ring substituents is 1. The summed E-state index contributed by atoms with van der Waals surface area (Å²) in [6, 6.07) is 19.8. The maximum absolute atomic E-state index is 12.2. The monoisotopic (exact) mass is 403 g/mol. The number of thiazole rings is 1. The number of hydrogen-bond donors (Lipinski definition) is 1. The molecule has 0 atom stereocenters. The van der Waals surface area contributed by atoms with E-state index in [0.717, 1.165) is 26.4 Å². The van der Waals surface area contributed by atoms with Gasteiger partial charge in [-0.15, -0.1) is 11.3 Å². The SMILES string of the molecule is Cc1ccc2nc(-c3ccc(NC(=O)Cc4ccc([N+](=O)[O-])cc4)cc3)sc2c1. The first-order chi connectivity index (χ1) is 14.0. The summed E-state index contributed by atoms with van der Waals surface area (Å²) in [6.07, 6.45) is 0.150. The first-order valence-electron chi connectivity index (χ1n) is 8.99. The molecule has 0 aliphatic heterocycles. The van der Waals surface area contributed by atoms with Crippen molar-refractivity contribution in [3.05, 3.63) is 88.0 Å². The minimum atomic E-state index is -0.460. The highest BCUT2D eigenvalue weighted by Crippen LogP contribution is 2.31. The number of amides is 1. The average molecular weight is 403 g/mol. The molecule has 7 heteroatoms.